The second-order valence-electron chi connectivity index (χ2n) is 9.61. The SMILES string of the molecule is CCc1cc(C#Cc2ccc(C#Cc3ccc(C#C[Si](C)(C)C)cc3CC)cc2CC)ccc1I. The molecule has 0 saturated carbocycles. The van der Waals surface area contributed by atoms with Crippen molar-refractivity contribution in [2.75, 3.05) is 0 Å². The Labute approximate surface area is 227 Å². The number of aryl methyl sites for hydroxylation is 3. The van der Waals surface area contributed by atoms with Gasteiger partial charge >= 0.3 is 0 Å². The minimum atomic E-state index is -1.39. The van der Waals surface area contributed by atoms with E-state index in [2.05, 4.69) is 153 Å². The Hall–Kier alpha value is -2.71. The second kappa shape index (κ2) is 12.3. The van der Waals surface area contributed by atoms with Crippen molar-refractivity contribution in [3.8, 4) is 35.1 Å². The van der Waals surface area contributed by atoms with Crippen molar-refractivity contribution < 1.29 is 0 Å². The van der Waals surface area contributed by atoms with E-state index in [0.717, 1.165) is 47.1 Å². The van der Waals surface area contributed by atoms with Gasteiger partial charge in [-0.1, -0.05) is 70.0 Å². The van der Waals surface area contributed by atoms with Gasteiger partial charge in [0, 0.05) is 31.4 Å². The fraction of sp³-hybridized carbons (Fsp3) is 0.273. The fourth-order valence-electron chi connectivity index (χ4n) is 3.63. The lowest BCUT2D eigenvalue weighted by Crippen LogP contribution is -2.16. The van der Waals surface area contributed by atoms with E-state index in [0.29, 0.717) is 0 Å². The van der Waals surface area contributed by atoms with Crippen molar-refractivity contribution >= 4 is 30.7 Å². The normalized spacial score (nSPS) is 10.4. The molecule has 0 unspecified atom stereocenters. The lowest BCUT2D eigenvalue weighted by Gasteiger charge is -2.05. The summed E-state index contributed by atoms with van der Waals surface area (Å²) in [5.74, 6) is 16.9. The van der Waals surface area contributed by atoms with Gasteiger partial charge < -0.3 is 0 Å². The van der Waals surface area contributed by atoms with E-state index < -0.39 is 8.07 Å². The van der Waals surface area contributed by atoms with Crippen LogP contribution in [-0.4, -0.2) is 8.07 Å². The monoisotopic (exact) mass is 584 g/mol. The summed E-state index contributed by atoms with van der Waals surface area (Å²) in [5.41, 5.74) is 12.6. The molecule has 0 atom stereocenters. The molecule has 0 aliphatic heterocycles. The van der Waals surface area contributed by atoms with Crippen LogP contribution < -0.4 is 0 Å². The van der Waals surface area contributed by atoms with Crippen molar-refractivity contribution in [1.82, 2.24) is 0 Å². The zero-order valence-corrected chi connectivity index (χ0v) is 24.9. The molecule has 0 radical (unpaired) electrons. The van der Waals surface area contributed by atoms with Gasteiger partial charge in [-0.25, -0.2) is 0 Å². The van der Waals surface area contributed by atoms with Crippen LogP contribution in [0.2, 0.25) is 19.6 Å². The van der Waals surface area contributed by atoms with Crippen LogP contribution in [-0.2, 0) is 19.3 Å². The molecule has 0 N–H and O–H groups in total. The molecule has 0 amide bonds. The van der Waals surface area contributed by atoms with E-state index in [1.54, 1.807) is 0 Å². The van der Waals surface area contributed by atoms with Crippen LogP contribution in [0.3, 0.4) is 0 Å². The molecule has 0 nitrogen and oxygen atoms in total. The molecule has 3 aromatic carbocycles. The first-order chi connectivity index (χ1) is 16.7. The zero-order chi connectivity index (χ0) is 25.4. The lowest BCUT2D eigenvalue weighted by molar-refractivity contribution is 1.12. The Bertz CT molecular complexity index is 1400. The second-order valence-corrected chi connectivity index (χ2v) is 15.5. The number of benzene rings is 3. The summed E-state index contributed by atoms with van der Waals surface area (Å²) >= 11 is 2.39. The van der Waals surface area contributed by atoms with Gasteiger partial charge in [0.25, 0.3) is 0 Å². The molecule has 0 spiro atoms. The van der Waals surface area contributed by atoms with Crippen LogP contribution in [0.15, 0.2) is 54.6 Å². The third kappa shape index (κ3) is 7.90. The average Bonchev–Trinajstić information content (AvgIpc) is 2.85. The van der Waals surface area contributed by atoms with E-state index in [1.807, 2.05) is 0 Å². The molecule has 0 aromatic heterocycles. The van der Waals surface area contributed by atoms with Gasteiger partial charge in [0.1, 0.15) is 8.07 Å². The number of halogens is 1. The van der Waals surface area contributed by atoms with Crippen LogP contribution >= 0.6 is 22.6 Å². The highest BCUT2D eigenvalue weighted by molar-refractivity contribution is 14.1. The summed E-state index contributed by atoms with van der Waals surface area (Å²) in [5, 5.41) is 0. The van der Waals surface area contributed by atoms with Crippen molar-refractivity contribution in [3.63, 3.8) is 0 Å². The molecular weight excluding hydrogens is 551 g/mol. The predicted molar refractivity (Wildman–Crippen MR) is 162 cm³/mol. The first-order valence-electron chi connectivity index (χ1n) is 12.3. The topological polar surface area (TPSA) is 0 Å². The van der Waals surface area contributed by atoms with Gasteiger partial charge in [0.15, 0.2) is 0 Å². The predicted octanol–water partition coefficient (Wildman–Crippen LogP) is 8.01. The molecule has 3 rings (SSSR count). The first kappa shape index (κ1) is 26.9. The molecule has 3 aromatic rings. The first-order valence-corrected chi connectivity index (χ1v) is 16.9. The minimum absolute atomic E-state index is 0.928. The maximum atomic E-state index is 3.45. The largest absolute Gasteiger partial charge is 0.129 e. The quantitative estimate of drug-likeness (QED) is 0.166. The summed E-state index contributed by atoms with van der Waals surface area (Å²) in [6.45, 7) is 13.3. The summed E-state index contributed by atoms with van der Waals surface area (Å²) in [6.07, 6.45) is 2.90. The molecule has 0 aliphatic carbocycles. The van der Waals surface area contributed by atoms with Crippen LogP contribution in [0.4, 0.5) is 0 Å². The van der Waals surface area contributed by atoms with Crippen LogP contribution in [0.25, 0.3) is 0 Å². The highest BCUT2D eigenvalue weighted by Crippen LogP contribution is 2.17. The van der Waals surface area contributed by atoms with E-state index >= 15 is 0 Å². The molecule has 176 valence electrons. The van der Waals surface area contributed by atoms with E-state index in [-0.39, 0.29) is 0 Å². The average molecular weight is 585 g/mol. The minimum Gasteiger partial charge on any atom is -0.127 e. The van der Waals surface area contributed by atoms with Gasteiger partial charge in [-0.15, -0.1) is 5.54 Å². The third-order valence-electron chi connectivity index (χ3n) is 5.66. The van der Waals surface area contributed by atoms with E-state index in [1.165, 1.54) is 20.3 Å². The Morgan fingerprint density at radius 3 is 1.46 bits per heavy atom. The number of rotatable bonds is 3. The molecular formula is C33H33ISi. The summed E-state index contributed by atoms with van der Waals surface area (Å²) < 4.78 is 1.30. The maximum absolute atomic E-state index is 3.45. The Balaban J connectivity index is 1.86. The molecule has 0 aliphatic rings. The van der Waals surface area contributed by atoms with E-state index in [4.69, 9.17) is 0 Å². The van der Waals surface area contributed by atoms with Gasteiger partial charge in [-0.05, 0) is 113 Å². The standard InChI is InChI=1S/C33H33ISi/c1-7-28-22-25(10-15-31(28)17-12-26-14-19-33(34)30(9-3)24-26)11-16-32-18-13-27(23-29(32)8-2)20-21-35(4,5)6/h10,13-15,18-19,22-24H,7-9H2,1-6H3. The highest BCUT2D eigenvalue weighted by atomic mass is 127. The highest BCUT2D eigenvalue weighted by Gasteiger charge is 2.08. The molecule has 2 heteroatoms. The summed E-state index contributed by atoms with van der Waals surface area (Å²) in [7, 11) is -1.39. The van der Waals surface area contributed by atoms with Crippen molar-refractivity contribution in [2.45, 2.75) is 59.7 Å². The molecule has 0 heterocycles. The number of hydrogen-bond acceptors (Lipinski definition) is 0. The Morgan fingerprint density at radius 1 is 0.571 bits per heavy atom. The summed E-state index contributed by atoms with van der Waals surface area (Å²) in [6, 6.07) is 19.2. The smallest absolute Gasteiger partial charge is 0.127 e. The van der Waals surface area contributed by atoms with Gasteiger partial charge in [0.2, 0.25) is 0 Å². The third-order valence-corrected chi connectivity index (χ3v) is 7.59. The lowest BCUT2D eigenvalue weighted by atomic mass is 10.00. The van der Waals surface area contributed by atoms with Crippen LogP contribution in [0.5, 0.6) is 0 Å². The zero-order valence-electron chi connectivity index (χ0n) is 21.7. The van der Waals surface area contributed by atoms with Crippen molar-refractivity contribution in [3.05, 3.63) is 103 Å². The van der Waals surface area contributed by atoms with Gasteiger partial charge in [0.05, 0.1) is 0 Å². The number of hydrogen-bond donors (Lipinski definition) is 0. The van der Waals surface area contributed by atoms with Crippen LogP contribution in [0, 0.1) is 38.7 Å². The Kier molecular flexibility index (Phi) is 9.45. The van der Waals surface area contributed by atoms with Crippen molar-refractivity contribution in [2.24, 2.45) is 0 Å². The molecule has 0 saturated heterocycles. The summed E-state index contributed by atoms with van der Waals surface area (Å²) in [4.78, 5) is 0. The molecule has 0 fully saturated rings. The van der Waals surface area contributed by atoms with Gasteiger partial charge in [-0.3, -0.25) is 0 Å². The molecule has 35 heavy (non-hydrogen) atoms. The van der Waals surface area contributed by atoms with Crippen molar-refractivity contribution in [1.29, 1.82) is 0 Å². The fourth-order valence-corrected chi connectivity index (χ4v) is 4.87. The Morgan fingerprint density at radius 2 is 1.00 bits per heavy atom. The van der Waals surface area contributed by atoms with Gasteiger partial charge in [-0.2, -0.15) is 0 Å². The molecule has 0 bridgehead atoms. The van der Waals surface area contributed by atoms with E-state index in [9.17, 15) is 0 Å². The maximum Gasteiger partial charge on any atom is 0.129 e. The van der Waals surface area contributed by atoms with Crippen LogP contribution in [0.1, 0.15) is 65.3 Å².